The number of ether oxygens (including phenoxy) is 1. The highest BCUT2D eigenvalue weighted by Crippen LogP contribution is 2.25. The zero-order valence-electron chi connectivity index (χ0n) is 15.0. The third-order valence-corrected chi connectivity index (χ3v) is 4.85. The SMILES string of the molecule is O=C(Cc1csc(-c2ccccc2)n1)NCC(O)c1ccc(OC(F)(F)F)cc1. The van der Waals surface area contributed by atoms with Crippen molar-refractivity contribution in [1.82, 2.24) is 10.3 Å². The average molecular weight is 422 g/mol. The highest BCUT2D eigenvalue weighted by atomic mass is 32.1. The Morgan fingerprint density at radius 1 is 1.14 bits per heavy atom. The largest absolute Gasteiger partial charge is 0.573 e. The molecule has 0 bridgehead atoms. The average Bonchev–Trinajstić information content (AvgIpc) is 3.14. The van der Waals surface area contributed by atoms with Gasteiger partial charge in [0.1, 0.15) is 10.8 Å². The first-order chi connectivity index (χ1) is 13.8. The van der Waals surface area contributed by atoms with Gasteiger partial charge in [-0.15, -0.1) is 24.5 Å². The van der Waals surface area contributed by atoms with Gasteiger partial charge in [0, 0.05) is 17.5 Å². The predicted octanol–water partition coefficient (Wildman–Crippen LogP) is 4.10. The monoisotopic (exact) mass is 422 g/mol. The van der Waals surface area contributed by atoms with E-state index >= 15 is 0 Å². The minimum Gasteiger partial charge on any atom is -0.406 e. The third-order valence-electron chi connectivity index (χ3n) is 3.91. The standard InChI is InChI=1S/C20H17F3N2O3S/c21-20(22,23)28-16-8-6-13(7-9-16)17(26)11-24-18(27)10-15-12-29-19(25-15)14-4-2-1-3-5-14/h1-9,12,17,26H,10-11H2,(H,24,27). The van der Waals surface area contributed by atoms with Crippen LogP contribution < -0.4 is 10.1 Å². The molecular weight excluding hydrogens is 405 g/mol. The quantitative estimate of drug-likeness (QED) is 0.601. The van der Waals surface area contributed by atoms with Gasteiger partial charge in [-0.3, -0.25) is 4.79 Å². The summed E-state index contributed by atoms with van der Waals surface area (Å²) in [6, 6.07) is 14.4. The first-order valence-corrected chi connectivity index (χ1v) is 9.48. The Balaban J connectivity index is 1.50. The summed E-state index contributed by atoms with van der Waals surface area (Å²) in [5, 5.41) is 15.3. The number of amides is 1. The van der Waals surface area contributed by atoms with Crippen molar-refractivity contribution in [3.8, 4) is 16.3 Å². The van der Waals surface area contributed by atoms with Crippen LogP contribution in [0.25, 0.3) is 10.6 Å². The van der Waals surface area contributed by atoms with Gasteiger partial charge in [-0.2, -0.15) is 0 Å². The smallest absolute Gasteiger partial charge is 0.406 e. The van der Waals surface area contributed by atoms with Crippen molar-refractivity contribution in [1.29, 1.82) is 0 Å². The molecule has 0 aliphatic heterocycles. The van der Waals surface area contributed by atoms with Crippen molar-refractivity contribution in [2.75, 3.05) is 6.54 Å². The normalized spacial score (nSPS) is 12.4. The number of benzene rings is 2. The number of nitrogens with zero attached hydrogens (tertiary/aromatic N) is 1. The number of alkyl halides is 3. The van der Waals surface area contributed by atoms with Gasteiger partial charge in [-0.05, 0) is 17.7 Å². The zero-order valence-corrected chi connectivity index (χ0v) is 15.8. The molecule has 1 amide bonds. The number of halogens is 3. The Kier molecular flexibility index (Phi) is 6.50. The Hall–Kier alpha value is -2.91. The second-order valence-electron chi connectivity index (χ2n) is 6.12. The van der Waals surface area contributed by atoms with Crippen LogP contribution in [0.15, 0.2) is 60.0 Å². The molecular formula is C20H17F3N2O3S. The van der Waals surface area contributed by atoms with Crippen LogP contribution in [0.1, 0.15) is 17.4 Å². The summed E-state index contributed by atoms with van der Waals surface area (Å²) in [6.45, 7) is -0.0754. The fraction of sp³-hybridized carbons (Fsp3) is 0.200. The summed E-state index contributed by atoms with van der Waals surface area (Å²) >= 11 is 1.44. The Bertz CT molecular complexity index is 944. The van der Waals surface area contributed by atoms with E-state index in [1.165, 1.54) is 23.5 Å². The van der Waals surface area contributed by atoms with Crippen molar-refractivity contribution in [2.24, 2.45) is 0 Å². The van der Waals surface area contributed by atoms with Crippen molar-refractivity contribution in [2.45, 2.75) is 18.9 Å². The number of aliphatic hydroxyl groups is 1. The maximum atomic E-state index is 12.2. The van der Waals surface area contributed by atoms with Crippen molar-refractivity contribution in [3.05, 3.63) is 71.2 Å². The number of hydrogen-bond donors (Lipinski definition) is 2. The van der Waals surface area contributed by atoms with E-state index in [1.807, 2.05) is 30.3 Å². The topological polar surface area (TPSA) is 71.5 Å². The van der Waals surface area contributed by atoms with Crippen LogP contribution in [0.2, 0.25) is 0 Å². The summed E-state index contributed by atoms with van der Waals surface area (Å²) in [5.41, 5.74) is 1.95. The number of rotatable bonds is 7. The lowest BCUT2D eigenvalue weighted by Gasteiger charge is -2.13. The van der Waals surface area contributed by atoms with Crippen molar-refractivity contribution in [3.63, 3.8) is 0 Å². The van der Waals surface area contributed by atoms with E-state index in [0.29, 0.717) is 11.3 Å². The van der Waals surface area contributed by atoms with E-state index in [-0.39, 0.29) is 24.6 Å². The van der Waals surface area contributed by atoms with Crippen LogP contribution in [-0.4, -0.2) is 28.9 Å². The summed E-state index contributed by atoms with van der Waals surface area (Å²) in [5.74, 6) is -0.693. The third kappa shape index (κ3) is 6.30. The number of nitrogens with one attached hydrogen (secondary N) is 1. The van der Waals surface area contributed by atoms with E-state index in [2.05, 4.69) is 15.0 Å². The lowest BCUT2D eigenvalue weighted by atomic mass is 10.1. The van der Waals surface area contributed by atoms with Crippen LogP contribution in [0.4, 0.5) is 13.2 Å². The van der Waals surface area contributed by atoms with Crippen LogP contribution in [0, 0.1) is 0 Å². The van der Waals surface area contributed by atoms with Crippen molar-refractivity contribution < 1.29 is 27.8 Å². The highest BCUT2D eigenvalue weighted by molar-refractivity contribution is 7.13. The van der Waals surface area contributed by atoms with E-state index in [0.717, 1.165) is 22.7 Å². The van der Waals surface area contributed by atoms with Gasteiger partial charge in [0.05, 0.1) is 18.2 Å². The molecule has 0 saturated carbocycles. The number of carbonyl (C=O) groups excluding carboxylic acids is 1. The van der Waals surface area contributed by atoms with Gasteiger partial charge < -0.3 is 15.2 Å². The molecule has 0 radical (unpaired) electrons. The first-order valence-electron chi connectivity index (χ1n) is 8.60. The minimum absolute atomic E-state index is 0.0639. The van der Waals surface area contributed by atoms with Crippen LogP contribution in [0.5, 0.6) is 5.75 Å². The summed E-state index contributed by atoms with van der Waals surface area (Å²) < 4.78 is 40.3. The molecule has 29 heavy (non-hydrogen) atoms. The number of aromatic nitrogens is 1. The lowest BCUT2D eigenvalue weighted by Crippen LogP contribution is -2.29. The Morgan fingerprint density at radius 3 is 2.48 bits per heavy atom. The molecule has 9 heteroatoms. The van der Waals surface area contributed by atoms with Crippen LogP contribution in [-0.2, 0) is 11.2 Å². The number of carbonyl (C=O) groups is 1. The molecule has 2 aromatic carbocycles. The Labute approximate surface area is 168 Å². The molecule has 1 atom stereocenters. The fourth-order valence-electron chi connectivity index (χ4n) is 2.55. The molecule has 0 spiro atoms. The van der Waals surface area contributed by atoms with E-state index in [4.69, 9.17) is 0 Å². The first kappa shape index (κ1) is 20.8. The van der Waals surface area contributed by atoms with Gasteiger partial charge in [-0.1, -0.05) is 42.5 Å². The maximum Gasteiger partial charge on any atom is 0.573 e. The van der Waals surface area contributed by atoms with Crippen LogP contribution in [0.3, 0.4) is 0 Å². The van der Waals surface area contributed by atoms with Gasteiger partial charge >= 0.3 is 6.36 Å². The molecule has 0 aliphatic carbocycles. The second kappa shape index (κ2) is 9.06. The van der Waals surface area contributed by atoms with E-state index in [9.17, 15) is 23.1 Å². The minimum atomic E-state index is -4.77. The number of hydrogen-bond acceptors (Lipinski definition) is 5. The van der Waals surface area contributed by atoms with Gasteiger partial charge in [0.15, 0.2) is 0 Å². The fourth-order valence-corrected chi connectivity index (χ4v) is 3.37. The number of aliphatic hydroxyl groups excluding tert-OH is 1. The second-order valence-corrected chi connectivity index (χ2v) is 6.98. The summed E-state index contributed by atoms with van der Waals surface area (Å²) in [4.78, 5) is 16.5. The lowest BCUT2D eigenvalue weighted by molar-refractivity contribution is -0.274. The zero-order chi connectivity index (χ0) is 20.9. The number of thiazole rings is 1. The molecule has 0 fully saturated rings. The summed E-state index contributed by atoms with van der Waals surface area (Å²) in [6.07, 6.45) is -5.77. The molecule has 2 N–H and O–H groups in total. The van der Waals surface area contributed by atoms with Gasteiger partial charge in [-0.25, -0.2) is 4.98 Å². The van der Waals surface area contributed by atoms with E-state index in [1.54, 1.807) is 5.38 Å². The van der Waals surface area contributed by atoms with Crippen LogP contribution >= 0.6 is 11.3 Å². The molecule has 152 valence electrons. The summed E-state index contributed by atoms with van der Waals surface area (Å²) in [7, 11) is 0. The van der Waals surface area contributed by atoms with Gasteiger partial charge in [0.25, 0.3) is 0 Å². The molecule has 1 unspecified atom stereocenters. The molecule has 1 heterocycles. The molecule has 5 nitrogen and oxygen atoms in total. The van der Waals surface area contributed by atoms with Crippen molar-refractivity contribution >= 4 is 17.2 Å². The van der Waals surface area contributed by atoms with E-state index < -0.39 is 12.5 Å². The molecule has 1 aromatic heterocycles. The predicted molar refractivity (Wildman–Crippen MR) is 102 cm³/mol. The Morgan fingerprint density at radius 2 is 1.83 bits per heavy atom. The highest BCUT2D eigenvalue weighted by Gasteiger charge is 2.31. The molecule has 3 rings (SSSR count). The molecule has 0 saturated heterocycles. The maximum absolute atomic E-state index is 12.2. The molecule has 3 aromatic rings. The molecule has 0 aliphatic rings. The van der Waals surface area contributed by atoms with Gasteiger partial charge in [0.2, 0.25) is 5.91 Å².